The van der Waals surface area contributed by atoms with Crippen LogP contribution in [0.2, 0.25) is 23.7 Å². The van der Waals surface area contributed by atoms with Crippen molar-refractivity contribution in [2.75, 3.05) is 29.5 Å². The molecule has 230 valence electrons. The number of rotatable bonds is 7. The first-order chi connectivity index (χ1) is 20.5. The van der Waals surface area contributed by atoms with Crippen LogP contribution in [0, 0.1) is 5.92 Å². The maximum absolute atomic E-state index is 16.2. The van der Waals surface area contributed by atoms with E-state index < -0.39 is 31.6 Å². The monoisotopic (exact) mass is 627 g/mol. The molecule has 43 heavy (non-hydrogen) atoms. The number of likely N-dealkylation sites (tertiary alicyclic amines) is 1. The third-order valence-corrected chi connectivity index (χ3v) is 12.5. The molecule has 4 heterocycles. The summed E-state index contributed by atoms with van der Waals surface area (Å²) in [6, 6.07) is 12.7. The summed E-state index contributed by atoms with van der Waals surface area (Å²) in [5.41, 5.74) is 0.781. The van der Waals surface area contributed by atoms with Crippen LogP contribution in [0.15, 0.2) is 42.5 Å². The number of hydrogen-bond donors (Lipinski definition) is 1. The van der Waals surface area contributed by atoms with Gasteiger partial charge in [0.25, 0.3) is 5.91 Å². The molecule has 0 aromatic heterocycles. The number of amides is 3. The van der Waals surface area contributed by atoms with Crippen molar-refractivity contribution in [3.05, 3.63) is 58.6 Å². The zero-order valence-corrected chi connectivity index (χ0v) is 26.6. The molecule has 3 amide bonds. The quantitative estimate of drug-likeness (QED) is 0.338. The molecule has 0 aliphatic carbocycles. The fraction of sp³-hybridized carbons (Fsp3) is 0.531. The van der Waals surface area contributed by atoms with Gasteiger partial charge in [0.2, 0.25) is 20.2 Å². The number of aliphatic hydroxyl groups excluding tert-OH is 1. The maximum atomic E-state index is 16.2. The van der Waals surface area contributed by atoms with Crippen LogP contribution in [0.4, 0.5) is 15.5 Å². The third kappa shape index (κ3) is 5.10. The SMILES string of the molecule is C[C@H]1[C@H]([Si](C)(C)F)[C@@H](CC(=O)N2CCC[C@H]2CO)O[C@]12C(=O)N(Cc1cccc(N3CCCC3=O)c1)c1ccc(Cl)cc12. The lowest BCUT2D eigenvalue weighted by Gasteiger charge is -2.31. The molecule has 1 N–H and O–H groups in total. The van der Waals surface area contributed by atoms with Crippen LogP contribution < -0.4 is 9.80 Å². The minimum Gasteiger partial charge on any atom is -0.394 e. The van der Waals surface area contributed by atoms with Crippen LogP contribution in [-0.2, 0) is 31.3 Å². The van der Waals surface area contributed by atoms with E-state index in [0.717, 1.165) is 30.5 Å². The highest BCUT2D eigenvalue weighted by Gasteiger charge is 2.67. The number of carbonyl (C=O) groups is 3. The molecule has 2 aromatic carbocycles. The molecule has 4 aliphatic heterocycles. The van der Waals surface area contributed by atoms with Gasteiger partial charge in [-0.25, -0.2) is 0 Å². The first kappa shape index (κ1) is 30.2. The van der Waals surface area contributed by atoms with Crippen LogP contribution in [0.1, 0.15) is 50.2 Å². The Morgan fingerprint density at radius 1 is 1.16 bits per heavy atom. The molecule has 4 aliphatic rings. The Balaban J connectivity index is 1.35. The number of ether oxygens (including phenoxy) is 1. The van der Waals surface area contributed by atoms with E-state index in [1.807, 2.05) is 31.2 Å². The van der Waals surface area contributed by atoms with E-state index in [2.05, 4.69) is 0 Å². The molecular formula is C32H39ClFN3O5Si. The fourth-order valence-corrected chi connectivity index (χ4v) is 10.6. The van der Waals surface area contributed by atoms with E-state index in [9.17, 15) is 19.5 Å². The Bertz CT molecular complexity index is 1450. The number of carbonyl (C=O) groups excluding carboxylic acids is 3. The summed E-state index contributed by atoms with van der Waals surface area (Å²) in [5.74, 6) is -0.943. The van der Waals surface area contributed by atoms with E-state index in [4.69, 9.17) is 16.3 Å². The highest BCUT2D eigenvalue weighted by atomic mass is 35.5. The number of hydrogen-bond acceptors (Lipinski definition) is 5. The molecule has 2 aromatic rings. The average molecular weight is 628 g/mol. The van der Waals surface area contributed by atoms with Crippen molar-refractivity contribution in [1.82, 2.24) is 4.90 Å². The number of fused-ring (bicyclic) bond motifs is 2. The Morgan fingerprint density at radius 2 is 1.95 bits per heavy atom. The summed E-state index contributed by atoms with van der Waals surface area (Å²) < 4.78 is 22.9. The second-order valence-electron chi connectivity index (χ2n) is 12.9. The summed E-state index contributed by atoms with van der Waals surface area (Å²) in [7, 11) is -3.45. The number of benzene rings is 2. The van der Waals surface area contributed by atoms with Crippen LogP contribution in [0.3, 0.4) is 0 Å². The van der Waals surface area contributed by atoms with Gasteiger partial charge in [-0.05, 0) is 68.3 Å². The zero-order chi connectivity index (χ0) is 30.7. The molecule has 6 rings (SSSR count). The molecule has 5 atom stereocenters. The van der Waals surface area contributed by atoms with Gasteiger partial charge in [-0.15, -0.1) is 0 Å². The smallest absolute Gasteiger partial charge is 0.264 e. The molecule has 8 nitrogen and oxygen atoms in total. The lowest BCUT2D eigenvalue weighted by atomic mass is 9.82. The van der Waals surface area contributed by atoms with Crippen molar-refractivity contribution in [2.24, 2.45) is 5.92 Å². The van der Waals surface area contributed by atoms with Crippen molar-refractivity contribution in [3.8, 4) is 0 Å². The largest absolute Gasteiger partial charge is 0.394 e. The normalized spacial score (nSPS) is 28.9. The van der Waals surface area contributed by atoms with Gasteiger partial charge in [-0.3, -0.25) is 14.4 Å². The highest BCUT2D eigenvalue weighted by Crippen LogP contribution is 2.60. The minimum absolute atomic E-state index is 0.0529. The van der Waals surface area contributed by atoms with Gasteiger partial charge in [0, 0.05) is 47.2 Å². The molecule has 1 spiro atoms. The van der Waals surface area contributed by atoms with Gasteiger partial charge in [0.05, 0.1) is 37.4 Å². The topological polar surface area (TPSA) is 90.4 Å². The summed E-state index contributed by atoms with van der Waals surface area (Å²) in [4.78, 5) is 45.6. The molecule has 0 saturated carbocycles. The maximum Gasteiger partial charge on any atom is 0.264 e. The lowest BCUT2D eigenvalue weighted by molar-refractivity contribution is -0.150. The summed E-state index contributed by atoms with van der Waals surface area (Å²) in [5, 5.41) is 10.2. The van der Waals surface area contributed by atoms with Gasteiger partial charge in [-0.2, -0.15) is 0 Å². The van der Waals surface area contributed by atoms with Crippen LogP contribution in [-0.4, -0.2) is 68.0 Å². The Morgan fingerprint density at radius 3 is 2.65 bits per heavy atom. The first-order valence-corrected chi connectivity index (χ1v) is 18.6. The number of aliphatic hydroxyl groups is 1. The van der Waals surface area contributed by atoms with Gasteiger partial charge < -0.3 is 28.7 Å². The second kappa shape index (κ2) is 11.3. The first-order valence-electron chi connectivity index (χ1n) is 15.2. The summed E-state index contributed by atoms with van der Waals surface area (Å²) >= 11 is 6.49. The molecule has 0 radical (unpaired) electrons. The number of anilines is 2. The summed E-state index contributed by atoms with van der Waals surface area (Å²) in [6.07, 6.45) is 2.03. The Kier molecular flexibility index (Phi) is 7.94. The molecule has 3 saturated heterocycles. The number of halogens is 2. The van der Waals surface area contributed by atoms with Gasteiger partial charge in [-0.1, -0.05) is 30.7 Å². The Labute approximate surface area is 257 Å². The van der Waals surface area contributed by atoms with Crippen molar-refractivity contribution < 1.29 is 28.3 Å². The van der Waals surface area contributed by atoms with E-state index in [-0.39, 0.29) is 43.3 Å². The molecular weight excluding hydrogens is 589 g/mol. The van der Waals surface area contributed by atoms with Crippen LogP contribution in [0.25, 0.3) is 0 Å². The molecule has 3 fully saturated rings. The van der Waals surface area contributed by atoms with Crippen LogP contribution >= 0.6 is 11.6 Å². The van der Waals surface area contributed by atoms with E-state index >= 15 is 4.11 Å². The summed E-state index contributed by atoms with van der Waals surface area (Å²) in [6.45, 7) is 6.42. The standard InChI is InChI=1S/C32H39ClFN3O5Si/c1-20-30(43(2,3)34)27(17-29(40)36-13-5-9-24(36)19-38)42-32(20)25-16-22(33)11-12-26(25)37(31(32)41)18-21-7-4-8-23(15-21)35-14-6-10-28(35)39/h4,7-8,11-12,15-16,20,24,27,30,38H,5-6,9-10,13-14,17-19H2,1-3H3/t20-,24-,27+,30-,32+/m0/s1. The van der Waals surface area contributed by atoms with Crippen molar-refractivity contribution in [1.29, 1.82) is 0 Å². The highest BCUT2D eigenvalue weighted by molar-refractivity contribution is 6.72. The van der Waals surface area contributed by atoms with Gasteiger partial charge in [0.15, 0.2) is 5.60 Å². The fourth-order valence-electron chi connectivity index (χ4n) is 7.95. The minimum atomic E-state index is -3.45. The molecule has 0 unspecified atom stereocenters. The number of nitrogens with zero attached hydrogens (tertiary/aromatic N) is 3. The second-order valence-corrected chi connectivity index (χ2v) is 17.1. The van der Waals surface area contributed by atoms with Crippen molar-refractivity contribution >= 4 is 49.1 Å². The predicted octanol–water partition coefficient (Wildman–Crippen LogP) is 5.16. The third-order valence-electron chi connectivity index (χ3n) is 9.84. The molecule has 0 bridgehead atoms. The van der Waals surface area contributed by atoms with E-state index in [0.29, 0.717) is 35.8 Å². The van der Waals surface area contributed by atoms with Gasteiger partial charge >= 0.3 is 0 Å². The van der Waals surface area contributed by atoms with Crippen LogP contribution in [0.5, 0.6) is 0 Å². The zero-order valence-electron chi connectivity index (χ0n) is 24.9. The lowest BCUT2D eigenvalue weighted by Crippen LogP contribution is -2.45. The predicted molar refractivity (Wildman–Crippen MR) is 165 cm³/mol. The van der Waals surface area contributed by atoms with Crippen molar-refractivity contribution in [2.45, 2.75) is 82.0 Å². The van der Waals surface area contributed by atoms with Crippen molar-refractivity contribution in [3.63, 3.8) is 0 Å². The van der Waals surface area contributed by atoms with Gasteiger partial charge in [0.1, 0.15) is 0 Å². The van der Waals surface area contributed by atoms with E-state index in [1.54, 1.807) is 46.0 Å². The Hall–Kier alpha value is -2.79. The average Bonchev–Trinajstić information content (AvgIpc) is 3.72. The molecule has 11 heteroatoms. The van der Waals surface area contributed by atoms with E-state index in [1.165, 1.54) is 0 Å².